The molecular formula is C14H17BrN2O. The zero-order chi connectivity index (χ0) is 13.4. The molecule has 1 aromatic rings. The highest BCUT2D eigenvalue weighted by Crippen LogP contribution is 2.20. The predicted octanol–water partition coefficient (Wildman–Crippen LogP) is 4.23. The molecule has 0 fully saturated rings. The van der Waals surface area contributed by atoms with Crippen molar-refractivity contribution >= 4 is 27.5 Å². The molecule has 0 aromatic heterocycles. The van der Waals surface area contributed by atoms with Crippen LogP contribution < -0.4 is 5.32 Å². The van der Waals surface area contributed by atoms with E-state index < -0.39 is 0 Å². The summed E-state index contributed by atoms with van der Waals surface area (Å²) in [7, 11) is 0. The third-order valence-electron chi connectivity index (χ3n) is 2.63. The van der Waals surface area contributed by atoms with E-state index in [4.69, 9.17) is 5.26 Å². The van der Waals surface area contributed by atoms with Crippen molar-refractivity contribution < 1.29 is 4.79 Å². The maximum Gasteiger partial charge on any atom is 0.224 e. The second kappa shape index (κ2) is 7.88. The quantitative estimate of drug-likeness (QED) is 0.799. The van der Waals surface area contributed by atoms with E-state index in [0.29, 0.717) is 17.7 Å². The predicted molar refractivity (Wildman–Crippen MR) is 76.2 cm³/mol. The molecule has 1 amide bonds. The van der Waals surface area contributed by atoms with Crippen LogP contribution in [0.15, 0.2) is 22.7 Å². The van der Waals surface area contributed by atoms with Crippen LogP contribution in [0.4, 0.5) is 5.69 Å². The van der Waals surface area contributed by atoms with Crippen molar-refractivity contribution in [2.75, 3.05) is 5.32 Å². The summed E-state index contributed by atoms with van der Waals surface area (Å²) in [5.74, 6) is -0.0232. The average Bonchev–Trinajstić information content (AvgIpc) is 2.37. The van der Waals surface area contributed by atoms with E-state index >= 15 is 0 Å². The minimum atomic E-state index is -0.0232. The molecular weight excluding hydrogens is 292 g/mol. The van der Waals surface area contributed by atoms with Gasteiger partial charge in [0.1, 0.15) is 6.07 Å². The number of hydrogen-bond acceptors (Lipinski definition) is 2. The molecule has 3 nitrogen and oxygen atoms in total. The molecule has 0 spiro atoms. The Morgan fingerprint density at radius 3 is 2.83 bits per heavy atom. The minimum absolute atomic E-state index is 0.0232. The summed E-state index contributed by atoms with van der Waals surface area (Å²) in [6, 6.07) is 7.33. The van der Waals surface area contributed by atoms with Gasteiger partial charge in [0, 0.05) is 10.9 Å². The molecule has 0 atom stereocenters. The lowest BCUT2D eigenvalue weighted by Gasteiger charge is -2.07. The highest BCUT2D eigenvalue weighted by atomic mass is 79.9. The van der Waals surface area contributed by atoms with E-state index in [1.807, 2.05) is 6.07 Å². The normalized spacial score (nSPS) is 9.83. The van der Waals surface area contributed by atoms with Crippen LogP contribution in [0.5, 0.6) is 0 Å². The molecule has 4 heteroatoms. The van der Waals surface area contributed by atoms with Crippen LogP contribution in [0.3, 0.4) is 0 Å². The van der Waals surface area contributed by atoms with Gasteiger partial charge < -0.3 is 5.32 Å². The van der Waals surface area contributed by atoms with Crippen LogP contribution in [-0.4, -0.2) is 5.91 Å². The van der Waals surface area contributed by atoms with Crippen molar-refractivity contribution in [2.24, 2.45) is 0 Å². The van der Waals surface area contributed by atoms with Gasteiger partial charge in [0.25, 0.3) is 0 Å². The van der Waals surface area contributed by atoms with Crippen LogP contribution in [0.1, 0.15) is 44.6 Å². The summed E-state index contributed by atoms with van der Waals surface area (Å²) >= 11 is 3.30. The molecule has 0 aliphatic carbocycles. The fourth-order valence-electron chi connectivity index (χ4n) is 1.64. The first-order valence-corrected chi connectivity index (χ1v) is 6.96. The fourth-order valence-corrected chi connectivity index (χ4v) is 2.00. The Morgan fingerprint density at radius 2 is 2.17 bits per heavy atom. The van der Waals surface area contributed by atoms with Gasteiger partial charge in [-0.2, -0.15) is 5.26 Å². The molecule has 1 aromatic carbocycles. The lowest BCUT2D eigenvalue weighted by atomic mass is 10.1. The van der Waals surface area contributed by atoms with Crippen molar-refractivity contribution in [3.63, 3.8) is 0 Å². The smallest absolute Gasteiger partial charge is 0.224 e. The second-order valence-electron chi connectivity index (χ2n) is 4.16. The number of halogens is 1. The van der Waals surface area contributed by atoms with E-state index in [0.717, 1.165) is 30.2 Å². The van der Waals surface area contributed by atoms with Gasteiger partial charge in [0.15, 0.2) is 0 Å². The molecule has 1 N–H and O–H groups in total. The van der Waals surface area contributed by atoms with Gasteiger partial charge in [-0.3, -0.25) is 4.79 Å². The maximum atomic E-state index is 11.7. The van der Waals surface area contributed by atoms with Crippen LogP contribution in [0.2, 0.25) is 0 Å². The number of rotatable bonds is 6. The third kappa shape index (κ3) is 4.89. The Kier molecular flexibility index (Phi) is 6.45. The molecule has 0 saturated heterocycles. The van der Waals surface area contributed by atoms with Crippen LogP contribution in [0, 0.1) is 11.3 Å². The molecule has 18 heavy (non-hydrogen) atoms. The number of nitrogens with one attached hydrogen (secondary N) is 1. The summed E-state index contributed by atoms with van der Waals surface area (Å²) in [6.45, 7) is 2.14. The number of unbranched alkanes of at least 4 members (excludes halogenated alkanes) is 3. The van der Waals surface area contributed by atoms with Gasteiger partial charge in [0.2, 0.25) is 5.91 Å². The summed E-state index contributed by atoms with van der Waals surface area (Å²) in [5.41, 5.74) is 1.06. The number of nitriles is 1. The number of carbonyl (C=O) groups is 1. The third-order valence-corrected chi connectivity index (χ3v) is 3.13. The summed E-state index contributed by atoms with van der Waals surface area (Å²) in [6.07, 6.45) is 4.82. The van der Waals surface area contributed by atoms with Crippen LogP contribution in [-0.2, 0) is 4.79 Å². The summed E-state index contributed by atoms with van der Waals surface area (Å²) in [4.78, 5) is 11.7. The number of nitrogens with zero attached hydrogens (tertiary/aromatic N) is 1. The SMILES string of the molecule is CCCCCCC(=O)Nc1ccc(Br)cc1C#N. The number of hydrogen-bond donors (Lipinski definition) is 1. The Balaban J connectivity index is 2.52. The molecule has 0 aliphatic heterocycles. The van der Waals surface area contributed by atoms with Crippen molar-refractivity contribution in [1.29, 1.82) is 5.26 Å². The van der Waals surface area contributed by atoms with Gasteiger partial charge in [-0.15, -0.1) is 0 Å². The molecule has 96 valence electrons. The lowest BCUT2D eigenvalue weighted by molar-refractivity contribution is -0.116. The van der Waals surface area contributed by atoms with Crippen molar-refractivity contribution in [1.82, 2.24) is 0 Å². The number of anilines is 1. The van der Waals surface area contributed by atoms with Gasteiger partial charge in [-0.25, -0.2) is 0 Å². The van der Waals surface area contributed by atoms with Crippen molar-refractivity contribution in [3.05, 3.63) is 28.2 Å². The highest BCUT2D eigenvalue weighted by molar-refractivity contribution is 9.10. The first-order chi connectivity index (χ1) is 8.67. The van der Waals surface area contributed by atoms with Gasteiger partial charge in [-0.1, -0.05) is 42.1 Å². The first kappa shape index (κ1) is 14.7. The van der Waals surface area contributed by atoms with E-state index in [2.05, 4.69) is 34.2 Å². The standard InChI is InChI=1S/C14H17BrN2O/c1-2-3-4-5-6-14(18)17-13-8-7-12(15)9-11(13)10-16/h7-9H,2-6H2,1H3,(H,17,18). The van der Waals surface area contributed by atoms with E-state index in [1.165, 1.54) is 0 Å². The van der Waals surface area contributed by atoms with Crippen LogP contribution in [0.25, 0.3) is 0 Å². The molecule has 0 radical (unpaired) electrons. The zero-order valence-corrected chi connectivity index (χ0v) is 12.1. The lowest BCUT2D eigenvalue weighted by Crippen LogP contribution is -2.12. The van der Waals surface area contributed by atoms with E-state index in [-0.39, 0.29) is 5.91 Å². The van der Waals surface area contributed by atoms with Crippen molar-refractivity contribution in [2.45, 2.75) is 39.0 Å². The van der Waals surface area contributed by atoms with Gasteiger partial charge in [-0.05, 0) is 24.6 Å². The zero-order valence-electron chi connectivity index (χ0n) is 10.5. The topological polar surface area (TPSA) is 52.9 Å². The molecule has 1 rings (SSSR count). The Hall–Kier alpha value is -1.34. The summed E-state index contributed by atoms with van der Waals surface area (Å²) in [5, 5.41) is 11.8. The molecule has 0 aliphatic rings. The summed E-state index contributed by atoms with van der Waals surface area (Å²) < 4.78 is 0.833. The molecule has 0 saturated carbocycles. The average molecular weight is 309 g/mol. The first-order valence-electron chi connectivity index (χ1n) is 6.17. The fraction of sp³-hybridized carbons (Fsp3) is 0.429. The van der Waals surface area contributed by atoms with Gasteiger partial charge in [0.05, 0.1) is 11.3 Å². The second-order valence-corrected chi connectivity index (χ2v) is 5.08. The van der Waals surface area contributed by atoms with Crippen molar-refractivity contribution in [3.8, 4) is 6.07 Å². The number of amides is 1. The minimum Gasteiger partial charge on any atom is -0.325 e. The van der Waals surface area contributed by atoms with E-state index in [9.17, 15) is 4.79 Å². The Bertz CT molecular complexity index is 452. The number of benzene rings is 1. The molecule has 0 heterocycles. The molecule has 0 bridgehead atoms. The number of carbonyl (C=O) groups excluding carboxylic acids is 1. The highest BCUT2D eigenvalue weighted by Gasteiger charge is 2.06. The largest absolute Gasteiger partial charge is 0.325 e. The Labute approximate surface area is 116 Å². The van der Waals surface area contributed by atoms with E-state index in [1.54, 1.807) is 12.1 Å². The Morgan fingerprint density at radius 1 is 1.39 bits per heavy atom. The maximum absolute atomic E-state index is 11.7. The van der Waals surface area contributed by atoms with Gasteiger partial charge >= 0.3 is 0 Å². The monoisotopic (exact) mass is 308 g/mol. The molecule has 0 unspecified atom stereocenters. The van der Waals surface area contributed by atoms with Crippen LogP contribution >= 0.6 is 15.9 Å².